The van der Waals surface area contributed by atoms with Crippen molar-refractivity contribution in [3.63, 3.8) is 0 Å². The number of pyridine rings is 1. The maximum atomic E-state index is 14.2. The Kier molecular flexibility index (Phi) is 16.6. The van der Waals surface area contributed by atoms with E-state index in [1.165, 1.54) is 0 Å². The zero-order chi connectivity index (χ0) is 59.3. The third-order valence-electron chi connectivity index (χ3n) is 11.9. The van der Waals surface area contributed by atoms with Crippen LogP contribution in [0.25, 0.3) is 11.3 Å². The largest absolute Gasteiger partial charge is 0.416 e. The molecule has 28 heteroatoms. The van der Waals surface area contributed by atoms with Gasteiger partial charge in [0.25, 0.3) is 0 Å². The summed E-state index contributed by atoms with van der Waals surface area (Å²) in [5, 5.41) is 0.683. The maximum Gasteiger partial charge on any atom is 0.416 e. The summed E-state index contributed by atoms with van der Waals surface area (Å²) < 4.78 is 343. The van der Waals surface area contributed by atoms with E-state index in [2.05, 4.69) is 0 Å². The number of Topliss-reactive ketones (excluding diaryl/α,β-unsaturated/α-hetero) is 1. The fourth-order valence-corrected chi connectivity index (χ4v) is 8.65. The first kappa shape index (κ1) is 61.0. The van der Waals surface area contributed by atoms with Crippen molar-refractivity contribution in [2.24, 2.45) is 0 Å². The molecule has 0 amide bonds. The van der Waals surface area contributed by atoms with Crippen molar-refractivity contribution in [3.05, 3.63) is 207 Å². The lowest BCUT2D eigenvalue weighted by molar-refractivity contribution is -0.672. The van der Waals surface area contributed by atoms with E-state index in [-0.39, 0.29) is 5.78 Å². The van der Waals surface area contributed by atoms with Gasteiger partial charge in [-0.15, -0.1) is 0 Å². The van der Waals surface area contributed by atoms with Crippen LogP contribution in [-0.2, 0) is 56.0 Å². The highest BCUT2D eigenvalue weighted by Crippen LogP contribution is 2.41. The summed E-state index contributed by atoms with van der Waals surface area (Å²) in [7, 11) is 0. The highest BCUT2D eigenvalue weighted by molar-refractivity contribution is 7.20. The molecule has 420 valence electrons. The molecule has 0 N–H and O–H groups in total. The molecular weight excluding hydrogens is 1140 g/mol. The lowest BCUT2D eigenvalue weighted by atomic mass is 9.12. The molecule has 0 aliphatic heterocycles. The molecule has 0 unspecified atom stereocenters. The second-order valence-electron chi connectivity index (χ2n) is 17.2. The van der Waals surface area contributed by atoms with Crippen molar-refractivity contribution in [1.29, 1.82) is 0 Å². The summed E-state index contributed by atoms with van der Waals surface area (Å²) in [4.78, 5) is 12.4. The van der Waals surface area contributed by atoms with Crippen LogP contribution in [0.2, 0.25) is 5.02 Å². The number of ketones is 1. The monoisotopic (exact) mass is 1170 g/mol. The number of alkyl halides is 24. The Balaban J connectivity index is 0.000000378. The number of nitrogens with zero attached hydrogens (tertiary/aromatic N) is 1. The Morgan fingerprint density at radius 3 is 0.924 bits per heavy atom. The van der Waals surface area contributed by atoms with Crippen molar-refractivity contribution in [2.45, 2.75) is 56.0 Å². The normalized spacial score (nSPS) is 13.2. The van der Waals surface area contributed by atoms with Crippen molar-refractivity contribution >= 4 is 45.4 Å². The van der Waals surface area contributed by atoms with E-state index in [0.717, 1.165) is 16.8 Å². The van der Waals surface area contributed by atoms with Crippen LogP contribution in [0.1, 0.15) is 54.9 Å². The molecule has 7 aromatic rings. The number of halogens is 25. The number of carbonyl (C=O) groups excluding carboxylic acids is 1. The Hall–Kier alpha value is -7.19. The van der Waals surface area contributed by atoms with Crippen LogP contribution in [0.5, 0.6) is 0 Å². The van der Waals surface area contributed by atoms with E-state index in [9.17, 15) is 110 Å². The fourth-order valence-electron chi connectivity index (χ4n) is 8.46. The van der Waals surface area contributed by atoms with E-state index in [1.54, 1.807) is 0 Å². The van der Waals surface area contributed by atoms with E-state index in [0.29, 0.717) is 11.6 Å². The molecule has 2 nitrogen and oxygen atoms in total. The van der Waals surface area contributed by atoms with Gasteiger partial charge in [-0.1, -0.05) is 96.5 Å². The van der Waals surface area contributed by atoms with E-state index in [1.807, 2.05) is 83.6 Å². The third-order valence-corrected chi connectivity index (χ3v) is 12.1. The molecule has 0 fully saturated rings. The molecule has 0 aliphatic rings. The first-order valence-electron chi connectivity index (χ1n) is 21.7. The first-order valence-corrected chi connectivity index (χ1v) is 22.1. The van der Waals surface area contributed by atoms with Gasteiger partial charge in [0.15, 0.2) is 6.20 Å². The van der Waals surface area contributed by atoms with Gasteiger partial charge in [0, 0.05) is 28.3 Å². The molecule has 0 spiro atoms. The van der Waals surface area contributed by atoms with Crippen molar-refractivity contribution in [1.82, 2.24) is 0 Å². The first-order chi connectivity index (χ1) is 36.0. The van der Waals surface area contributed by atoms with Crippen LogP contribution < -0.4 is 26.4 Å². The van der Waals surface area contributed by atoms with Crippen LogP contribution in [-0.4, -0.2) is 11.9 Å². The van der Waals surface area contributed by atoms with Crippen LogP contribution in [0.4, 0.5) is 105 Å². The Labute approximate surface area is 433 Å². The fraction of sp³-hybridized carbons (Fsp3) is 0.176. The van der Waals surface area contributed by atoms with Crippen LogP contribution in [0, 0.1) is 0 Å². The smallest absolute Gasteiger partial charge is 0.287 e. The molecule has 1 aromatic heterocycles. The van der Waals surface area contributed by atoms with Gasteiger partial charge in [0.2, 0.25) is 18.0 Å². The number of rotatable bonds is 8. The summed E-state index contributed by atoms with van der Waals surface area (Å²) >= 11 is 6.07. The molecular formula is C51H27BClF24NO. The van der Waals surface area contributed by atoms with Crippen molar-refractivity contribution < 1.29 is 115 Å². The lowest BCUT2D eigenvalue weighted by Gasteiger charge is -2.46. The molecule has 0 saturated heterocycles. The summed E-state index contributed by atoms with van der Waals surface area (Å²) in [6.45, 7) is 0.298. The van der Waals surface area contributed by atoms with Crippen LogP contribution in [0.3, 0.4) is 0 Å². The number of carbonyl (C=O) groups is 1. The quantitative estimate of drug-likeness (QED) is 0.0643. The van der Waals surface area contributed by atoms with Gasteiger partial charge in [-0.3, -0.25) is 4.79 Å². The van der Waals surface area contributed by atoms with Gasteiger partial charge in [-0.2, -0.15) is 132 Å². The minimum atomic E-state index is -6.13. The lowest BCUT2D eigenvalue weighted by Crippen LogP contribution is -2.75. The maximum absolute atomic E-state index is 14.2. The zero-order valence-corrected chi connectivity index (χ0v) is 39.3. The molecule has 1 heterocycles. The third kappa shape index (κ3) is 14.2. The number of hydrogen-bond acceptors (Lipinski definition) is 1. The number of aromatic nitrogens is 1. The van der Waals surface area contributed by atoms with E-state index < -0.39 is 195 Å². The van der Waals surface area contributed by atoms with Gasteiger partial charge in [0.1, 0.15) is 6.15 Å². The minimum Gasteiger partial charge on any atom is -0.287 e. The van der Waals surface area contributed by atoms with Gasteiger partial charge < -0.3 is 0 Å². The Bertz CT molecular complexity index is 2910. The average Bonchev–Trinajstić information content (AvgIpc) is 3.54. The van der Waals surface area contributed by atoms with Crippen molar-refractivity contribution in [3.8, 4) is 11.3 Å². The van der Waals surface area contributed by atoms with E-state index >= 15 is 0 Å². The predicted molar refractivity (Wildman–Crippen MR) is 238 cm³/mol. The molecule has 79 heavy (non-hydrogen) atoms. The molecule has 7 rings (SSSR count). The molecule has 0 aliphatic carbocycles. The standard InChI is InChI=1S/C32H12BF24.C19H15ClNO/c34-25(35,36)13-1-14(26(37,38)39)6-21(5-13)33(22-7-15(27(40,41)42)2-16(8-22)28(43,44)45,23-9-17(29(46,47)48)3-18(10-23)30(49,50)51)24-11-19(31(52,53)54)4-20(12-24)32(55,56)57;20-17-10-6-9-16(13-17)18-11-4-5-12-21(18)14-19(22)15-7-2-1-3-8-15/h1-12H;1-13H,14H2/q-1;+1. The average molecular weight is 1170 g/mol. The molecule has 0 bridgehead atoms. The predicted octanol–water partition coefficient (Wildman–Crippen LogP) is 15.4. The second-order valence-corrected chi connectivity index (χ2v) is 17.7. The summed E-state index contributed by atoms with van der Waals surface area (Å²) in [5.74, 6) is 0.0834. The minimum absolute atomic E-state index is 0.0834. The molecule has 6 aromatic carbocycles. The van der Waals surface area contributed by atoms with Crippen LogP contribution >= 0.6 is 11.6 Å². The number of benzene rings is 6. The van der Waals surface area contributed by atoms with Crippen LogP contribution in [0.15, 0.2) is 152 Å². The Morgan fingerprint density at radius 2 is 0.646 bits per heavy atom. The highest BCUT2D eigenvalue weighted by atomic mass is 35.5. The molecule has 0 saturated carbocycles. The Morgan fingerprint density at radius 1 is 0.354 bits per heavy atom. The summed E-state index contributed by atoms with van der Waals surface area (Å²) in [6, 6.07) is 14.0. The van der Waals surface area contributed by atoms with E-state index in [4.69, 9.17) is 11.6 Å². The SMILES string of the molecule is FC(F)(F)c1cc([B-](c2cc(C(F)(F)F)cc(C(F)(F)F)c2)(c2cc(C(F)(F)F)cc(C(F)(F)F)c2)c2cc(C(F)(F)F)cc(C(F)(F)F)c2)cc(C(F)(F)F)c1.O=C(C[n+]1ccccc1-c1cccc(Cl)c1)c1ccccc1. The molecule has 0 atom stereocenters. The highest BCUT2D eigenvalue weighted by Gasteiger charge is 2.47. The zero-order valence-electron chi connectivity index (χ0n) is 38.5. The van der Waals surface area contributed by atoms with Gasteiger partial charge in [-0.25, -0.2) is 0 Å². The van der Waals surface area contributed by atoms with Gasteiger partial charge in [-0.05, 0) is 48.5 Å². The summed E-state index contributed by atoms with van der Waals surface area (Å²) in [6.07, 6.45) is -52.9. The number of hydrogen-bond donors (Lipinski definition) is 0. The topological polar surface area (TPSA) is 20.9 Å². The van der Waals surface area contributed by atoms with Crippen molar-refractivity contribution in [2.75, 3.05) is 0 Å². The molecule has 0 radical (unpaired) electrons. The summed E-state index contributed by atoms with van der Waals surface area (Å²) in [5.41, 5.74) is -27.5. The van der Waals surface area contributed by atoms with Gasteiger partial charge in [0.05, 0.1) is 44.5 Å². The second kappa shape index (κ2) is 21.5. The van der Waals surface area contributed by atoms with Gasteiger partial charge >= 0.3 is 49.4 Å².